The van der Waals surface area contributed by atoms with Gasteiger partial charge >= 0.3 is 0 Å². The minimum Gasteiger partial charge on any atom is -0.316 e. The zero-order valence-corrected chi connectivity index (χ0v) is 13.2. The van der Waals surface area contributed by atoms with Crippen molar-refractivity contribution in [2.75, 3.05) is 12.8 Å². The molecule has 0 aliphatic carbocycles. The van der Waals surface area contributed by atoms with E-state index in [1.807, 2.05) is 23.1 Å². The zero-order valence-electron chi connectivity index (χ0n) is 11.6. The molecule has 0 amide bonds. The predicted octanol–water partition coefficient (Wildman–Crippen LogP) is 4.37. The largest absolute Gasteiger partial charge is 0.316 e. The van der Waals surface area contributed by atoms with Gasteiger partial charge in [0.15, 0.2) is 0 Å². The van der Waals surface area contributed by atoms with Crippen LogP contribution in [0.3, 0.4) is 0 Å². The van der Waals surface area contributed by atoms with E-state index in [4.69, 9.17) is 0 Å². The van der Waals surface area contributed by atoms with Crippen molar-refractivity contribution in [3.8, 4) is 0 Å². The summed E-state index contributed by atoms with van der Waals surface area (Å²) in [5.41, 5.74) is 1.33. The Morgan fingerprint density at radius 2 is 2.00 bits per heavy atom. The van der Waals surface area contributed by atoms with E-state index in [0.29, 0.717) is 6.04 Å². The van der Waals surface area contributed by atoms with Gasteiger partial charge in [-0.1, -0.05) is 23.8 Å². The van der Waals surface area contributed by atoms with Crippen molar-refractivity contribution in [1.29, 1.82) is 0 Å². The van der Waals surface area contributed by atoms with Crippen LogP contribution >= 0.6 is 23.1 Å². The molecule has 1 unspecified atom stereocenters. The van der Waals surface area contributed by atoms with E-state index in [1.165, 1.54) is 28.2 Å². The number of nitrogens with one attached hydrogen (secondary N) is 1. The molecule has 0 saturated carbocycles. The van der Waals surface area contributed by atoms with Crippen molar-refractivity contribution in [3.05, 3.63) is 52.2 Å². The fourth-order valence-electron chi connectivity index (χ4n) is 1.91. The molecule has 0 fully saturated rings. The summed E-state index contributed by atoms with van der Waals surface area (Å²) in [7, 11) is 2.06. The summed E-state index contributed by atoms with van der Waals surface area (Å²) in [5, 5.41) is 5.59. The van der Waals surface area contributed by atoms with Crippen LogP contribution in [0.2, 0.25) is 0 Å². The lowest BCUT2D eigenvalue weighted by Gasteiger charge is -2.15. The Balaban J connectivity index is 1.77. The minimum absolute atomic E-state index is 0.577. The van der Waals surface area contributed by atoms with Gasteiger partial charge in [0.25, 0.3) is 0 Å². The van der Waals surface area contributed by atoms with E-state index >= 15 is 0 Å². The van der Waals surface area contributed by atoms with Gasteiger partial charge in [0.2, 0.25) is 0 Å². The summed E-state index contributed by atoms with van der Waals surface area (Å²) < 4.78 is 0. The molecular formula is C16H21NS2. The molecule has 0 aliphatic rings. The Morgan fingerprint density at radius 3 is 2.63 bits per heavy atom. The van der Waals surface area contributed by atoms with Crippen LogP contribution in [0.5, 0.6) is 0 Å². The fraction of sp³-hybridized carbons (Fsp3) is 0.375. The van der Waals surface area contributed by atoms with E-state index in [0.717, 1.165) is 5.75 Å². The molecule has 0 spiro atoms. The molecule has 1 aromatic heterocycles. The lowest BCUT2D eigenvalue weighted by atomic mass is 10.1. The van der Waals surface area contributed by atoms with Gasteiger partial charge in [0, 0.05) is 21.6 Å². The topological polar surface area (TPSA) is 12.0 Å². The highest BCUT2D eigenvalue weighted by molar-refractivity contribution is 7.99. The van der Waals surface area contributed by atoms with Crippen molar-refractivity contribution >= 4 is 23.1 Å². The number of benzene rings is 1. The summed E-state index contributed by atoms with van der Waals surface area (Å²) in [6.07, 6.45) is 2.38. The average molecular weight is 291 g/mol. The fourth-order valence-corrected chi connectivity index (χ4v) is 3.69. The summed E-state index contributed by atoms with van der Waals surface area (Å²) in [6.45, 7) is 2.13. The van der Waals surface area contributed by atoms with Gasteiger partial charge in [-0.15, -0.1) is 23.1 Å². The first-order chi connectivity index (χ1) is 9.28. The molecule has 102 valence electrons. The van der Waals surface area contributed by atoms with Crippen molar-refractivity contribution < 1.29 is 0 Å². The Kier molecular flexibility index (Phi) is 5.95. The third-order valence-electron chi connectivity index (χ3n) is 3.20. The normalized spacial score (nSPS) is 12.5. The molecule has 1 aromatic carbocycles. The van der Waals surface area contributed by atoms with Crippen molar-refractivity contribution in [2.45, 2.75) is 30.7 Å². The Bertz CT molecular complexity index is 462. The van der Waals surface area contributed by atoms with E-state index in [-0.39, 0.29) is 0 Å². The van der Waals surface area contributed by atoms with Crippen LogP contribution in [0.4, 0.5) is 0 Å². The van der Waals surface area contributed by atoms with Crippen molar-refractivity contribution in [2.24, 2.45) is 0 Å². The molecule has 1 heterocycles. The van der Waals surface area contributed by atoms with Crippen LogP contribution < -0.4 is 5.32 Å². The van der Waals surface area contributed by atoms with Crippen LogP contribution in [0.25, 0.3) is 0 Å². The summed E-state index contributed by atoms with van der Waals surface area (Å²) in [6, 6.07) is 13.7. The third-order valence-corrected chi connectivity index (χ3v) is 5.31. The first kappa shape index (κ1) is 14.6. The van der Waals surface area contributed by atoms with Crippen molar-refractivity contribution in [1.82, 2.24) is 5.32 Å². The second-order valence-electron chi connectivity index (χ2n) is 4.73. The molecule has 0 aliphatic heterocycles. The van der Waals surface area contributed by atoms with Gasteiger partial charge in [0.05, 0.1) is 0 Å². The number of thioether (sulfide) groups is 1. The maximum Gasteiger partial charge on any atom is 0.0162 e. The highest BCUT2D eigenvalue weighted by atomic mass is 32.2. The van der Waals surface area contributed by atoms with E-state index in [1.54, 1.807) is 0 Å². The van der Waals surface area contributed by atoms with E-state index in [2.05, 4.69) is 61.1 Å². The van der Waals surface area contributed by atoms with Crippen LogP contribution in [0.1, 0.15) is 16.9 Å². The van der Waals surface area contributed by atoms with Crippen molar-refractivity contribution in [3.63, 3.8) is 0 Å². The van der Waals surface area contributed by atoms with Gasteiger partial charge in [0.1, 0.15) is 0 Å². The number of hydrogen-bond donors (Lipinski definition) is 1. The molecule has 2 rings (SSSR count). The average Bonchev–Trinajstić information content (AvgIpc) is 2.94. The van der Waals surface area contributed by atoms with Crippen LogP contribution in [-0.2, 0) is 6.42 Å². The van der Waals surface area contributed by atoms with E-state index in [9.17, 15) is 0 Å². The summed E-state index contributed by atoms with van der Waals surface area (Å²) in [4.78, 5) is 2.85. The maximum atomic E-state index is 3.43. The zero-order chi connectivity index (χ0) is 13.5. The predicted molar refractivity (Wildman–Crippen MR) is 87.4 cm³/mol. The van der Waals surface area contributed by atoms with Crippen LogP contribution in [0, 0.1) is 6.92 Å². The van der Waals surface area contributed by atoms with Crippen LogP contribution in [-0.4, -0.2) is 18.8 Å². The quantitative estimate of drug-likeness (QED) is 0.760. The van der Waals surface area contributed by atoms with Gasteiger partial charge < -0.3 is 5.32 Å². The Hall–Kier alpha value is -0.770. The second-order valence-corrected chi connectivity index (χ2v) is 6.85. The van der Waals surface area contributed by atoms with Crippen LogP contribution in [0.15, 0.2) is 46.7 Å². The lowest BCUT2D eigenvalue weighted by molar-refractivity contribution is 0.575. The number of aryl methyl sites for hydroxylation is 2. The molecule has 2 aromatic rings. The van der Waals surface area contributed by atoms with Gasteiger partial charge in [-0.3, -0.25) is 0 Å². The summed E-state index contributed by atoms with van der Waals surface area (Å²) >= 11 is 3.80. The van der Waals surface area contributed by atoms with E-state index < -0.39 is 0 Å². The molecule has 1 nitrogen and oxygen atoms in total. The molecule has 1 atom stereocenters. The Labute approximate surface area is 124 Å². The standard InChI is InChI=1S/C16H21NS2/c1-13-5-8-16(9-6-13)19-12-14(17-2)7-10-15-4-3-11-18-15/h3-6,8-9,11,14,17H,7,10,12H2,1-2H3. The van der Waals surface area contributed by atoms with Gasteiger partial charge in [-0.25, -0.2) is 0 Å². The SMILES string of the molecule is CNC(CCc1cccs1)CSc1ccc(C)cc1. The molecule has 1 N–H and O–H groups in total. The first-order valence-electron chi connectivity index (χ1n) is 6.67. The maximum absolute atomic E-state index is 3.43. The molecular weight excluding hydrogens is 270 g/mol. The first-order valence-corrected chi connectivity index (χ1v) is 8.53. The second kappa shape index (κ2) is 7.73. The molecule has 0 bridgehead atoms. The number of hydrogen-bond acceptors (Lipinski definition) is 3. The molecule has 0 saturated heterocycles. The third kappa shape index (κ3) is 5.01. The molecule has 19 heavy (non-hydrogen) atoms. The molecule has 0 radical (unpaired) electrons. The number of rotatable bonds is 7. The van der Waals surface area contributed by atoms with Gasteiger partial charge in [-0.05, 0) is 50.4 Å². The number of thiophene rings is 1. The Morgan fingerprint density at radius 1 is 1.21 bits per heavy atom. The minimum atomic E-state index is 0.577. The lowest BCUT2D eigenvalue weighted by Crippen LogP contribution is -2.28. The smallest absolute Gasteiger partial charge is 0.0162 e. The summed E-state index contributed by atoms with van der Waals surface area (Å²) in [5.74, 6) is 1.13. The van der Waals surface area contributed by atoms with Gasteiger partial charge in [-0.2, -0.15) is 0 Å². The highest BCUT2D eigenvalue weighted by Gasteiger charge is 2.07. The highest BCUT2D eigenvalue weighted by Crippen LogP contribution is 2.21. The monoisotopic (exact) mass is 291 g/mol. The molecule has 3 heteroatoms.